The summed E-state index contributed by atoms with van der Waals surface area (Å²) in [6.07, 6.45) is 1.53. The van der Waals surface area contributed by atoms with Crippen LogP contribution in [0.5, 0.6) is 5.75 Å². The summed E-state index contributed by atoms with van der Waals surface area (Å²) in [5.74, 6) is -0.00345. The predicted molar refractivity (Wildman–Crippen MR) is 75.5 cm³/mol. The van der Waals surface area contributed by atoms with Gasteiger partial charge < -0.3 is 20.7 Å². The highest BCUT2D eigenvalue weighted by atomic mass is 16.5. The average Bonchev–Trinajstić information content (AvgIpc) is 2.48. The fraction of sp³-hybridized carbons (Fsp3) is 0.429. The Labute approximate surface area is 117 Å². The number of rotatable bonds is 3. The molecular formula is C14H19N3O3. The zero-order chi connectivity index (χ0) is 14.5. The third-order valence-electron chi connectivity index (χ3n) is 3.46. The second-order valence-electron chi connectivity index (χ2n) is 4.82. The zero-order valence-corrected chi connectivity index (χ0v) is 11.5. The molecule has 3 amide bonds. The van der Waals surface area contributed by atoms with E-state index in [1.807, 2.05) is 12.1 Å². The van der Waals surface area contributed by atoms with E-state index in [-0.39, 0.29) is 17.9 Å². The summed E-state index contributed by atoms with van der Waals surface area (Å²) in [5, 5.41) is 2.80. The van der Waals surface area contributed by atoms with Gasteiger partial charge in [-0.1, -0.05) is 12.1 Å². The van der Waals surface area contributed by atoms with Crippen LogP contribution in [0.2, 0.25) is 0 Å². The molecule has 0 spiro atoms. The molecule has 1 saturated heterocycles. The van der Waals surface area contributed by atoms with Crippen LogP contribution in [-0.2, 0) is 4.79 Å². The molecule has 108 valence electrons. The molecule has 0 aliphatic carbocycles. The van der Waals surface area contributed by atoms with Crippen LogP contribution in [0.1, 0.15) is 12.8 Å². The van der Waals surface area contributed by atoms with Crippen LogP contribution in [0.25, 0.3) is 0 Å². The lowest BCUT2D eigenvalue weighted by Crippen LogP contribution is -2.45. The Kier molecular flexibility index (Phi) is 4.45. The molecule has 1 aliphatic rings. The van der Waals surface area contributed by atoms with Gasteiger partial charge in [-0.15, -0.1) is 0 Å². The van der Waals surface area contributed by atoms with Gasteiger partial charge >= 0.3 is 6.03 Å². The van der Waals surface area contributed by atoms with Crippen LogP contribution in [0.15, 0.2) is 24.3 Å². The standard InChI is InChI=1S/C14H19N3O3/c1-20-12-7-3-2-6-11(12)16-14(19)17-8-4-5-10(9-17)13(15)18/h2-3,6-7,10H,4-5,8-9H2,1H3,(H2,15,18)(H,16,19)/t10-/m0/s1. The van der Waals surface area contributed by atoms with Crippen LogP contribution in [0, 0.1) is 5.92 Å². The number of carbonyl (C=O) groups excluding carboxylic acids is 2. The number of benzene rings is 1. The number of nitrogens with two attached hydrogens (primary N) is 1. The first kappa shape index (κ1) is 14.2. The van der Waals surface area contributed by atoms with Crippen LogP contribution < -0.4 is 15.8 Å². The maximum Gasteiger partial charge on any atom is 0.321 e. The number of methoxy groups -OCH3 is 1. The number of anilines is 1. The molecule has 1 heterocycles. The summed E-state index contributed by atoms with van der Waals surface area (Å²) in [6, 6.07) is 6.96. The van der Waals surface area contributed by atoms with E-state index in [4.69, 9.17) is 10.5 Å². The van der Waals surface area contributed by atoms with Crippen LogP contribution in [-0.4, -0.2) is 37.0 Å². The summed E-state index contributed by atoms with van der Waals surface area (Å²) in [5.41, 5.74) is 5.92. The minimum Gasteiger partial charge on any atom is -0.495 e. The van der Waals surface area contributed by atoms with Crippen molar-refractivity contribution in [3.8, 4) is 5.75 Å². The molecule has 6 nitrogen and oxygen atoms in total. The number of hydrogen-bond donors (Lipinski definition) is 2. The van der Waals surface area contributed by atoms with Gasteiger partial charge in [-0.3, -0.25) is 4.79 Å². The molecule has 0 unspecified atom stereocenters. The quantitative estimate of drug-likeness (QED) is 0.876. The van der Waals surface area contributed by atoms with Crippen LogP contribution in [0.4, 0.5) is 10.5 Å². The van der Waals surface area contributed by atoms with Crippen molar-refractivity contribution in [3.63, 3.8) is 0 Å². The summed E-state index contributed by atoms with van der Waals surface area (Å²) in [6.45, 7) is 1.00. The molecule has 1 aliphatic heterocycles. The Balaban J connectivity index is 2.02. The molecule has 0 radical (unpaired) electrons. The van der Waals surface area contributed by atoms with Crippen LogP contribution in [0.3, 0.4) is 0 Å². The molecule has 0 bridgehead atoms. The number of piperidine rings is 1. The zero-order valence-electron chi connectivity index (χ0n) is 11.5. The van der Waals surface area contributed by atoms with Crippen molar-refractivity contribution in [2.24, 2.45) is 11.7 Å². The van der Waals surface area contributed by atoms with Crippen molar-refractivity contribution in [1.82, 2.24) is 4.90 Å². The van der Waals surface area contributed by atoms with E-state index in [1.54, 1.807) is 24.1 Å². The number of urea groups is 1. The SMILES string of the molecule is COc1ccccc1NC(=O)N1CCC[C@H](C(N)=O)C1. The number of para-hydroxylation sites is 2. The predicted octanol–water partition coefficient (Wildman–Crippen LogP) is 1.42. The van der Waals surface area contributed by atoms with Crippen molar-refractivity contribution < 1.29 is 14.3 Å². The molecule has 1 atom stereocenters. The largest absolute Gasteiger partial charge is 0.495 e. The van der Waals surface area contributed by atoms with Gasteiger partial charge in [0.2, 0.25) is 5.91 Å². The number of carbonyl (C=O) groups is 2. The van der Waals surface area contributed by atoms with Gasteiger partial charge in [-0.25, -0.2) is 4.79 Å². The van der Waals surface area contributed by atoms with E-state index in [2.05, 4.69) is 5.32 Å². The number of amides is 3. The molecule has 3 N–H and O–H groups in total. The average molecular weight is 277 g/mol. The molecule has 0 saturated carbocycles. The van der Waals surface area contributed by atoms with Crippen molar-refractivity contribution in [2.75, 3.05) is 25.5 Å². The lowest BCUT2D eigenvalue weighted by atomic mass is 9.98. The summed E-state index contributed by atoms with van der Waals surface area (Å²) in [7, 11) is 1.55. The number of likely N-dealkylation sites (tertiary alicyclic amines) is 1. The first-order valence-corrected chi connectivity index (χ1v) is 6.60. The lowest BCUT2D eigenvalue weighted by Gasteiger charge is -2.31. The van der Waals surface area contributed by atoms with Gasteiger partial charge in [0, 0.05) is 13.1 Å². The van der Waals surface area contributed by atoms with Crippen molar-refractivity contribution in [3.05, 3.63) is 24.3 Å². The highest BCUT2D eigenvalue weighted by Gasteiger charge is 2.27. The third kappa shape index (κ3) is 3.20. The maximum atomic E-state index is 12.2. The second-order valence-corrected chi connectivity index (χ2v) is 4.82. The van der Waals surface area contributed by atoms with Gasteiger partial charge in [0.1, 0.15) is 5.75 Å². The summed E-state index contributed by atoms with van der Waals surface area (Å²) in [4.78, 5) is 25.1. The Morgan fingerprint density at radius 3 is 2.85 bits per heavy atom. The number of nitrogens with one attached hydrogen (secondary N) is 1. The summed E-state index contributed by atoms with van der Waals surface area (Å²) < 4.78 is 5.19. The van der Waals surface area contributed by atoms with Crippen molar-refractivity contribution >= 4 is 17.6 Å². The number of hydrogen-bond acceptors (Lipinski definition) is 3. The molecule has 0 aromatic heterocycles. The smallest absolute Gasteiger partial charge is 0.321 e. The van der Waals surface area contributed by atoms with Crippen molar-refractivity contribution in [2.45, 2.75) is 12.8 Å². The molecule has 20 heavy (non-hydrogen) atoms. The minimum atomic E-state index is -0.347. The van der Waals surface area contributed by atoms with Gasteiger partial charge in [0.25, 0.3) is 0 Å². The van der Waals surface area contributed by atoms with E-state index in [9.17, 15) is 9.59 Å². The van der Waals surface area contributed by atoms with E-state index < -0.39 is 0 Å². The lowest BCUT2D eigenvalue weighted by molar-refractivity contribution is -0.123. The number of nitrogens with zero attached hydrogens (tertiary/aromatic N) is 1. The van der Waals surface area contributed by atoms with Crippen LogP contribution >= 0.6 is 0 Å². The molecule has 2 rings (SSSR count). The Morgan fingerprint density at radius 2 is 2.15 bits per heavy atom. The molecule has 6 heteroatoms. The first-order chi connectivity index (χ1) is 9.61. The molecule has 1 aromatic carbocycles. The molecular weight excluding hydrogens is 258 g/mol. The summed E-state index contributed by atoms with van der Waals surface area (Å²) >= 11 is 0. The highest BCUT2D eigenvalue weighted by Crippen LogP contribution is 2.24. The van der Waals surface area contributed by atoms with E-state index >= 15 is 0 Å². The van der Waals surface area contributed by atoms with Gasteiger partial charge in [-0.2, -0.15) is 0 Å². The topological polar surface area (TPSA) is 84.7 Å². The van der Waals surface area contributed by atoms with Gasteiger partial charge in [0.05, 0.1) is 18.7 Å². The van der Waals surface area contributed by atoms with E-state index in [1.165, 1.54) is 0 Å². The highest BCUT2D eigenvalue weighted by molar-refractivity contribution is 5.91. The van der Waals surface area contributed by atoms with E-state index in [0.29, 0.717) is 24.5 Å². The van der Waals surface area contributed by atoms with Crippen molar-refractivity contribution in [1.29, 1.82) is 0 Å². The monoisotopic (exact) mass is 277 g/mol. The molecule has 1 aromatic rings. The Morgan fingerprint density at radius 1 is 1.40 bits per heavy atom. The molecule has 1 fully saturated rings. The number of primary amides is 1. The Hall–Kier alpha value is -2.24. The Bertz CT molecular complexity index is 504. The van der Waals surface area contributed by atoms with Gasteiger partial charge in [0.15, 0.2) is 0 Å². The third-order valence-corrected chi connectivity index (χ3v) is 3.46. The minimum absolute atomic E-state index is 0.236. The fourth-order valence-electron chi connectivity index (χ4n) is 2.34. The normalized spacial score (nSPS) is 18.4. The van der Waals surface area contributed by atoms with Gasteiger partial charge in [-0.05, 0) is 25.0 Å². The van der Waals surface area contributed by atoms with E-state index in [0.717, 1.165) is 12.8 Å². The maximum absolute atomic E-state index is 12.2. The first-order valence-electron chi connectivity index (χ1n) is 6.60. The fourth-order valence-corrected chi connectivity index (χ4v) is 2.34. The number of ether oxygens (including phenoxy) is 1. The second kappa shape index (κ2) is 6.27.